The number of benzene rings is 1. The number of carbonyl (C=O) groups is 2. The minimum Gasteiger partial charge on any atom is -0.371 e. The van der Waals surface area contributed by atoms with Gasteiger partial charge < -0.3 is 15.1 Å². The summed E-state index contributed by atoms with van der Waals surface area (Å²) >= 11 is 0. The predicted octanol–water partition coefficient (Wildman–Crippen LogP) is 1.60. The van der Waals surface area contributed by atoms with Crippen molar-refractivity contribution in [3.8, 4) is 0 Å². The second-order valence-electron chi connectivity index (χ2n) is 6.97. The molecule has 0 saturated carbocycles. The average Bonchev–Trinajstić information content (AvgIpc) is 3.08. The third-order valence-electron chi connectivity index (χ3n) is 4.83. The van der Waals surface area contributed by atoms with E-state index in [0.29, 0.717) is 31.5 Å². The van der Waals surface area contributed by atoms with E-state index in [1.165, 1.54) is 0 Å². The van der Waals surface area contributed by atoms with E-state index in [1.807, 2.05) is 30.3 Å². The number of hydrogen-bond acceptors (Lipinski definition) is 4. The summed E-state index contributed by atoms with van der Waals surface area (Å²) < 4.78 is 1.62. The number of aryl methyl sites for hydroxylation is 1. The van der Waals surface area contributed by atoms with E-state index in [0.717, 1.165) is 5.69 Å². The van der Waals surface area contributed by atoms with Crippen LogP contribution in [0.4, 0.5) is 5.69 Å². The van der Waals surface area contributed by atoms with Crippen molar-refractivity contribution >= 4 is 17.5 Å². The van der Waals surface area contributed by atoms with Crippen LogP contribution in [0.1, 0.15) is 23.2 Å². The Kier molecular flexibility index (Phi) is 4.97. The molecule has 2 heterocycles. The minimum atomic E-state index is -0.698. The number of hydrogen-bond donors (Lipinski definition) is 1. The maximum atomic E-state index is 12.9. The molecule has 0 aliphatic carbocycles. The SMILES string of the molecule is CN(C)C(=O)C1(Nc2ccccc2)CCN(C(=O)c2cnn(C)c2)CC1. The van der Waals surface area contributed by atoms with Crippen molar-refractivity contribution in [3.05, 3.63) is 48.3 Å². The van der Waals surface area contributed by atoms with E-state index >= 15 is 0 Å². The third-order valence-corrected chi connectivity index (χ3v) is 4.83. The van der Waals surface area contributed by atoms with Gasteiger partial charge in [-0.05, 0) is 25.0 Å². The van der Waals surface area contributed by atoms with Gasteiger partial charge in [0, 0.05) is 46.1 Å². The number of piperidine rings is 1. The second-order valence-corrected chi connectivity index (χ2v) is 6.97. The molecule has 3 rings (SSSR count). The van der Waals surface area contributed by atoms with E-state index < -0.39 is 5.54 Å². The van der Waals surface area contributed by atoms with E-state index in [1.54, 1.807) is 48.0 Å². The van der Waals surface area contributed by atoms with Gasteiger partial charge in [-0.2, -0.15) is 5.10 Å². The molecule has 7 heteroatoms. The maximum Gasteiger partial charge on any atom is 0.257 e. The lowest BCUT2D eigenvalue weighted by Crippen LogP contribution is -2.58. The molecule has 0 bridgehead atoms. The molecule has 1 N–H and O–H groups in total. The molecule has 2 aromatic rings. The molecule has 7 nitrogen and oxygen atoms in total. The summed E-state index contributed by atoms with van der Waals surface area (Å²) in [5, 5.41) is 7.50. The van der Waals surface area contributed by atoms with Crippen LogP contribution < -0.4 is 5.32 Å². The number of amides is 2. The number of para-hydroxylation sites is 1. The van der Waals surface area contributed by atoms with Gasteiger partial charge in [-0.1, -0.05) is 18.2 Å². The molecular weight excluding hydrogens is 330 g/mol. The monoisotopic (exact) mass is 355 g/mol. The van der Waals surface area contributed by atoms with Crippen molar-refractivity contribution in [2.24, 2.45) is 7.05 Å². The second kappa shape index (κ2) is 7.19. The summed E-state index contributed by atoms with van der Waals surface area (Å²) in [5.74, 6) is -0.00135. The van der Waals surface area contributed by atoms with Gasteiger partial charge >= 0.3 is 0 Å². The molecule has 0 unspecified atom stereocenters. The Morgan fingerprint density at radius 2 is 1.81 bits per heavy atom. The molecule has 1 aromatic heterocycles. The van der Waals surface area contributed by atoms with Gasteiger partial charge in [0.25, 0.3) is 5.91 Å². The van der Waals surface area contributed by atoms with Crippen LogP contribution in [0.5, 0.6) is 0 Å². The zero-order chi connectivity index (χ0) is 18.7. The Morgan fingerprint density at radius 3 is 2.35 bits per heavy atom. The maximum absolute atomic E-state index is 12.9. The van der Waals surface area contributed by atoms with E-state index in [9.17, 15) is 9.59 Å². The topological polar surface area (TPSA) is 70.5 Å². The van der Waals surface area contributed by atoms with Crippen molar-refractivity contribution in [2.45, 2.75) is 18.4 Å². The van der Waals surface area contributed by atoms with Gasteiger partial charge in [-0.25, -0.2) is 0 Å². The first-order chi connectivity index (χ1) is 12.4. The van der Waals surface area contributed by atoms with Crippen LogP contribution in [0, 0.1) is 0 Å². The minimum absolute atomic E-state index is 0.0369. The summed E-state index contributed by atoms with van der Waals surface area (Å²) in [6.45, 7) is 1.04. The highest BCUT2D eigenvalue weighted by atomic mass is 16.2. The summed E-state index contributed by atoms with van der Waals surface area (Å²) in [7, 11) is 5.32. The number of likely N-dealkylation sites (N-methyl/N-ethyl adjacent to an activating group) is 1. The Bertz CT molecular complexity index is 776. The summed E-state index contributed by atoms with van der Waals surface area (Å²) in [4.78, 5) is 29.0. The van der Waals surface area contributed by atoms with E-state index in [-0.39, 0.29) is 11.8 Å². The van der Waals surface area contributed by atoms with Gasteiger partial charge in [-0.15, -0.1) is 0 Å². The number of aromatic nitrogens is 2. The quantitative estimate of drug-likeness (QED) is 0.904. The zero-order valence-corrected chi connectivity index (χ0v) is 15.5. The smallest absolute Gasteiger partial charge is 0.257 e. The molecule has 0 spiro atoms. The molecule has 1 aliphatic heterocycles. The lowest BCUT2D eigenvalue weighted by Gasteiger charge is -2.42. The van der Waals surface area contributed by atoms with Crippen molar-refractivity contribution in [3.63, 3.8) is 0 Å². The zero-order valence-electron chi connectivity index (χ0n) is 15.5. The average molecular weight is 355 g/mol. The first-order valence-electron chi connectivity index (χ1n) is 8.74. The number of rotatable bonds is 4. The van der Waals surface area contributed by atoms with Crippen molar-refractivity contribution in [1.82, 2.24) is 19.6 Å². The lowest BCUT2D eigenvalue weighted by molar-refractivity contribution is -0.135. The van der Waals surface area contributed by atoms with Crippen molar-refractivity contribution < 1.29 is 9.59 Å². The van der Waals surface area contributed by atoms with Gasteiger partial charge in [-0.3, -0.25) is 14.3 Å². The molecule has 1 fully saturated rings. The van der Waals surface area contributed by atoms with Crippen molar-refractivity contribution in [2.75, 3.05) is 32.5 Å². The highest BCUT2D eigenvalue weighted by Crippen LogP contribution is 2.29. The molecule has 1 aliphatic rings. The molecule has 26 heavy (non-hydrogen) atoms. The molecule has 138 valence electrons. The Labute approximate surface area is 153 Å². The van der Waals surface area contributed by atoms with Crippen LogP contribution in [0.3, 0.4) is 0 Å². The first-order valence-corrected chi connectivity index (χ1v) is 8.74. The van der Waals surface area contributed by atoms with Gasteiger partial charge in [0.05, 0.1) is 11.8 Å². The highest BCUT2D eigenvalue weighted by molar-refractivity contribution is 5.94. The number of nitrogens with one attached hydrogen (secondary N) is 1. The fourth-order valence-electron chi connectivity index (χ4n) is 3.42. The van der Waals surface area contributed by atoms with Gasteiger partial charge in [0.1, 0.15) is 5.54 Å². The molecule has 2 amide bonds. The number of likely N-dealkylation sites (tertiary alicyclic amines) is 1. The fourth-order valence-corrected chi connectivity index (χ4v) is 3.42. The molecule has 1 saturated heterocycles. The summed E-state index contributed by atoms with van der Waals surface area (Å²) in [5.41, 5.74) is 0.793. The number of anilines is 1. The van der Waals surface area contributed by atoms with Crippen LogP contribution in [-0.2, 0) is 11.8 Å². The van der Waals surface area contributed by atoms with Crippen LogP contribution in [0.25, 0.3) is 0 Å². The molecule has 0 atom stereocenters. The largest absolute Gasteiger partial charge is 0.371 e. The van der Waals surface area contributed by atoms with Gasteiger partial charge in [0.2, 0.25) is 5.91 Å². The normalized spacial score (nSPS) is 16.2. The summed E-state index contributed by atoms with van der Waals surface area (Å²) in [6, 6.07) is 9.74. The van der Waals surface area contributed by atoms with Crippen LogP contribution in [-0.4, -0.2) is 64.1 Å². The number of nitrogens with zero attached hydrogens (tertiary/aromatic N) is 4. The first kappa shape index (κ1) is 18.0. The van der Waals surface area contributed by atoms with Crippen LogP contribution >= 0.6 is 0 Å². The van der Waals surface area contributed by atoms with Crippen LogP contribution in [0.15, 0.2) is 42.7 Å². The molecule has 1 aromatic carbocycles. The predicted molar refractivity (Wildman–Crippen MR) is 99.8 cm³/mol. The Morgan fingerprint density at radius 1 is 1.15 bits per heavy atom. The molecule has 0 radical (unpaired) electrons. The standard InChI is InChI=1S/C19H25N5O2/c1-22(2)18(26)19(21-16-7-5-4-6-8-16)9-11-24(12-10-19)17(25)15-13-20-23(3)14-15/h4-8,13-14,21H,9-12H2,1-3H3. The molecular formula is C19H25N5O2. The lowest BCUT2D eigenvalue weighted by atomic mass is 9.85. The highest BCUT2D eigenvalue weighted by Gasteiger charge is 2.43. The Balaban J connectivity index is 1.76. The Hall–Kier alpha value is -2.83. The van der Waals surface area contributed by atoms with E-state index in [4.69, 9.17) is 0 Å². The fraction of sp³-hybridized carbons (Fsp3) is 0.421. The summed E-state index contributed by atoms with van der Waals surface area (Å²) in [6.07, 6.45) is 4.42. The van der Waals surface area contributed by atoms with Gasteiger partial charge in [0.15, 0.2) is 0 Å². The van der Waals surface area contributed by atoms with E-state index in [2.05, 4.69) is 10.4 Å². The third kappa shape index (κ3) is 3.56. The van der Waals surface area contributed by atoms with Crippen molar-refractivity contribution in [1.29, 1.82) is 0 Å². The van der Waals surface area contributed by atoms with Crippen LogP contribution in [0.2, 0.25) is 0 Å². The number of carbonyl (C=O) groups excluding carboxylic acids is 2.